The molecule has 6 aromatic rings. The predicted molar refractivity (Wildman–Crippen MR) is 320 cm³/mol. The Bertz CT molecular complexity index is 2350. The predicted octanol–water partition coefficient (Wildman–Crippen LogP) is 13.1. The molecule has 2 aromatic carbocycles. The molecule has 0 radical (unpaired) electrons. The van der Waals surface area contributed by atoms with E-state index in [9.17, 15) is 9.59 Å². The Morgan fingerprint density at radius 2 is 0.705 bits per heavy atom. The fraction of sp³-hybridized carbons (Fsp3) is 0.531. The lowest BCUT2D eigenvalue weighted by Gasteiger charge is -2.39. The number of nitrogens with zero attached hydrogens (tertiary/aromatic N) is 4. The summed E-state index contributed by atoms with van der Waals surface area (Å²) in [4.78, 5) is 58.8. The molecule has 0 atom stereocenters. The number of quaternary nitrogens is 2. The quantitative estimate of drug-likeness (QED) is 0.0333. The minimum Gasteiger partial charge on any atom is -0.550 e. The van der Waals surface area contributed by atoms with Crippen LogP contribution in [0.4, 0.5) is 11.4 Å². The number of aliphatic carboxylic acids is 2. The third kappa shape index (κ3) is 25.4. The molecule has 0 saturated heterocycles. The number of aromatic nitrogens is 4. The van der Waals surface area contributed by atoms with Gasteiger partial charge in [-0.3, -0.25) is 19.6 Å². The van der Waals surface area contributed by atoms with Crippen molar-refractivity contribution in [1.82, 2.24) is 19.9 Å². The van der Waals surface area contributed by atoms with Crippen LogP contribution in [-0.2, 0) is 9.59 Å². The lowest BCUT2D eigenvalue weighted by atomic mass is 10.1. The molecule has 0 aliphatic heterocycles. The average molecular weight is 1080 g/mol. The van der Waals surface area contributed by atoms with Gasteiger partial charge in [-0.05, 0) is 114 Å². The van der Waals surface area contributed by atoms with Crippen LogP contribution in [0.15, 0.2) is 97.6 Å². The van der Waals surface area contributed by atoms with Gasteiger partial charge in [0.25, 0.3) is 11.8 Å². The van der Waals surface area contributed by atoms with Crippen LogP contribution in [0.3, 0.4) is 0 Å². The monoisotopic (exact) mass is 1070 g/mol. The first-order chi connectivity index (χ1) is 37.6. The number of carbonyl (C=O) groups is 4. The molecular weight excluding hydrogens is 977 g/mol. The van der Waals surface area contributed by atoms with E-state index in [1.807, 2.05) is 60.9 Å². The SMILES string of the molecule is CC(=O)[O-].CC(=O)[O-].CCCC[N+](CCCC)(CCCC)CCCC.CCCC[N+](CCCC)(CCCC)CCCC.O=C(Nc1cccc2cc[nH]c12)c1ccnc(-c2cc(C(=O)Nc3cccc4cc[nH]c34)ccn2)c1. The molecule has 4 heterocycles. The highest BCUT2D eigenvalue weighted by molar-refractivity contribution is 6.10. The van der Waals surface area contributed by atoms with Crippen molar-refractivity contribution in [3.05, 3.63) is 109 Å². The fourth-order valence-corrected chi connectivity index (χ4v) is 9.48. The van der Waals surface area contributed by atoms with Crippen LogP contribution in [-0.4, -0.2) is 105 Å². The number of nitrogens with one attached hydrogen (secondary N) is 4. The van der Waals surface area contributed by atoms with Gasteiger partial charge < -0.3 is 49.4 Å². The third-order valence-corrected chi connectivity index (χ3v) is 13.9. The Morgan fingerprint density at radius 3 is 0.962 bits per heavy atom. The largest absolute Gasteiger partial charge is 0.550 e. The number of aromatic amines is 2. The molecule has 4 aromatic heterocycles. The number of H-pyrrole nitrogens is 2. The van der Waals surface area contributed by atoms with E-state index in [-0.39, 0.29) is 11.8 Å². The lowest BCUT2D eigenvalue weighted by Crippen LogP contribution is -2.50. The topological polar surface area (TPSA) is 196 Å². The highest BCUT2D eigenvalue weighted by Crippen LogP contribution is 2.26. The second-order valence-corrected chi connectivity index (χ2v) is 20.5. The van der Waals surface area contributed by atoms with Crippen molar-refractivity contribution < 1.29 is 38.4 Å². The molecule has 0 aliphatic carbocycles. The van der Waals surface area contributed by atoms with Crippen LogP contribution in [0.5, 0.6) is 0 Å². The molecule has 6 rings (SSSR count). The second kappa shape index (κ2) is 39.1. The number of carboxylic acids is 2. The van der Waals surface area contributed by atoms with Gasteiger partial charge in [-0.2, -0.15) is 0 Å². The molecular formula is C64H98N8O6. The molecule has 0 spiro atoms. The summed E-state index contributed by atoms with van der Waals surface area (Å²) in [5.74, 6) is -2.71. The smallest absolute Gasteiger partial charge is 0.255 e. The van der Waals surface area contributed by atoms with Crippen molar-refractivity contribution >= 4 is 56.9 Å². The van der Waals surface area contributed by atoms with Crippen molar-refractivity contribution in [2.24, 2.45) is 0 Å². The number of fused-ring (bicyclic) bond motifs is 2. The van der Waals surface area contributed by atoms with E-state index in [4.69, 9.17) is 19.8 Å². The number of hydrogen-bond donors (Lipinski definition) is 4. The Balaban J connectivity index is 0.000000417. The van der Waals surface area contributed by atoms with Gasteiger partial charge in [-0.1, -0.05) is 131 Å². The number of amides is 2. The first kappa shape index (κ1) is 67.7. The van der Waals surface area contributed by atoms with Crippen LogP contribution >= 0.6 is 0 Å². The number of carboxylic acid groups (broad SMARTS) is 2. The molecule has 14 heteroatoms. The van der Waals surface area contributed by atoms with Gasteiger partial charge in [0.2, 0.25) is 0 Å². The van der Waals surface area contributed by atoms with Crippen molar-refractivity contribution in [3.8, 4) is 11.4 Å². The van der Waals surface area contributed by atoms with E-state index in [1.54, 1.807) is 36.7 Å². The maximum Gasteiger partial charge on any atom is 0.255 e. The highest BCUT2D eigenvalue weighted by atomic mass is 16.4. The maximum atomic E-state index is 13.0. The van der Waals surface area contributed by atoms with Crippen LogP contribution in [0, 0.1) is 0 Å². The Hall–Kier alpha value is -6.38. The second-order valence-electron chi connectivity index (χ2n) is 20.5. The summed E-state index contributed by atoms with van der Waals surface area (Å²) in [6.07, 6.45) is 28.9. The van der Waals surface area contributed by atoms with Gasteiger partial charge in [0.05, 0.1) is 86.2 Å². The molecule has 0 bridgehead atoms. The van der Waals surface area contributed by atoms with Crippen LogP contribution < -0.4 is 20.8 Å². The number of benzene rings is 2. The maximum absolute atomic E-state index is 13.0. The van der Waals surface area contributed by atoms with E-state index in [2.05, 4.69) is 86.0 Å². The number of unbranched alkanes of at least 4 members (excludes halogenated alkanes) is 8. The number of rotatable bonds is 29. The Labute approximate surface area is 468 Å². The normalized spacial score (nSPS) is 10.9. The van der Waals surface area contributed by atoms with Gasteiger partial charge in [0.15, 0.2) is 0 Å². The molecule has 78 heavy (non-hydrogen) atoms. The van der Waals surface area contributed by atoms with Gasteiger partial charge in [0.1, 0.15) is 0 Å². The van der Waals surface area contributed by atoms with Gasteiger partial charge in [0, 0.05) is 58.6 Å². The van der Waals surface area contributed by atoms with Crippen molar-refractivity contribution in [3.63, 3.8) is 0 Å². The summed E-state index contributed by atoms with van der Waals surface area (Å²) >= 11 is 0. The molecule has 14 nitrogen and oxygen atoms in total. The summed E-state index contributed by atoms with van der Waals surface area (Å²) < 4.78 is 2.84. The van der Waals surface area contributed by atoms with Gasteiger partial charge in [-0.25, -0.2) is 0 Å². The summed E-state index contributed by atoms with van der Waals surface area (Å²) in [6, 6.07) is 21.9. The van der Waals surface area contributed by atoms with Gasteiger partial charge in [-0.15, -0.1) is 0 Å². The first-order valence-corrected chi connectivity index (χ1v) is 29.3. The molecule has 430 valence electrons. The first-order valence-electron chi connectivity index (χ1n) is 29.3. The fourth-order valence-electron chi connectivity index (χ4n) is 9.48. The van der Waals surface area contributed by atoms with Crippen LogP contribution in [0.1, 0.15) is 193 Å². The van der Waals surface area contributed by atoms with Gasteiger partial charge >= 0.3 is 0 Å². The molecule has 0 fully saturated rings. The molecule has 0 unspecified atom stereocenters. The zero-order chi connectivity index (χ0) is 57.6. The van der Waals surface area contributed by atoms with Crippen LogP contribution in [0.25, 0.3) is 33.2 Å². The molecule has 4 N–H and O–H groups in total. The van der Waals surface area contributed by atoms with E-state index in [0.29, 0.717) is 33.9 Å². The lowest BCUT2D eigenvalue weighted by molar-refractivity contribution is -0.929. The summed E-state index contributed by atoms with van der Waals surface area (Å²) in [6.45, 7) is 32.0. The summed E-state index contributed by atoms with van der Waals surface area (Å²) in [5.41, 5.74) is 4.93. The Kier molecular flexibility index (Phi) is 33.9. The molecule has 2 amide bonds. The number of pyridine rings is 2. The Morgan fingerprint density at radius 1 is 0.436 bits per heavy atom. The number of carbonyl (C=O) groups excluding carboxylic acids is 4. The van der Waals surface area contributed by atoms with E-state index < -0.39 is 11.9 Å². The zero-order valence-corrected chi connectivity index (χ0v) is 49.4. The van der Waals surface area contributed by atoms with E-state index in [1.165, 1.54) is 164 Å². The molecule has 0 saturated carbocycles. The third-order valence-electron chi connectivity index (χ3n) is 13.9. The minimum atomic E-state index is -1.08. The van der Waals surface area contributed by atoms with Crippen molar-refractivity contribution in [2.75, 3.05) is 63.0 Å². The average Bonchev–Trinajstić information content (AvgIpc) is 4.16. The number of anilines is 2. The van der Waals surface area contributed by atoms with Crippen molar-refractivity contribution in [1.29, 1.82) is 0 Å². The molecule has 0 aliphatic rings. The standard InChI is InChI=1S/C28H20N6O2.2C16H36N.2C2H4O2/c35-27(33-21-5-1-3-17-7-13-31-25(17)21)19-9-11-29-23(15-19)24-16-20(10-12-30-24)28(36)34-22-6-2-4-18-8-14-32-26(18)22;2*1-5-9-13-17(14-10-6-2,15-11-7-3)16-12-8-4;2*1-2(3)4/h1-16,31-32H,(H,33,35)(H,34,36);2*5-16H2,1-4H3;2*1H3,(H,3,4)/q;2*+1;;/p-2. The van der Waals surface area contributed by atoms with E-state index in [0.717, 1.165) is 35.7 Å². The zero-order valence-electron chi connectivity index (χ0n) is 49.4. The highest BCUT2D eigenvalue weighted by Gasteiger charge is 2.26. The van der Waals surface area contributed by atoms with Crippen molar-refractivity contribution in [2.45, 2.75) is 172 Å². The van der Waals surface area contributed by atoms with Crippen LogP contribution in [0.2, 0.25) is 0 Å². The summed E-state index contributed by atoms with van der Waals surface area (Å²) in [5, 5.41) is 25.7. The summed E-state index contributed by atoms with van der Waals surface area (Å²) in [7, 11) is 0. The van der Waals surface area contributed by atoms with E-state index >= 15 is 0 Å². The number of hydrogen-bond acceptors (Lipinski definition) is 8. The minimum absolute atomic E-state index is 0.270. The number of para-hydroxylation sites is 2.